The molecule has 0 bridgehead atoms. The van der Waals surface area contributed by atoms with Gasteiger partial charge in [-0.15, -0.1) is 0 Å². The Morgan fingerprint density at radius 2 is 1.78 bits per heavy atom. The summed E-state index contributed by atoms with van der Waals surface area (Å²) in [6.07, 6.45) is 1.73. The highest BCUT2D eigenvalue weighted by atomic mass is 16.4. The molecule has 0 aromatic rings. The first-order valence-electron chi connectivity index (χ1n) is 6.60. The molecule has 18 heavy (non-hydrogen) atoms. The second kappa shape index (κ2) is 8.08. The summed E-state index contributed by atoms with van der Waals surface area (Å²) in [4.78, 5) is 22.9. The van der Waals surface area contributed by atoms with Gasteiger partial charge in [-0.2, -0.15) is 0 Å². The van der Waals surface area contributed by atoms with Crippen molar-refractivity contribution in [2.75, 3.05) is 6.54 Å². The molecular weight excluding hydrogens is 234 g/mol. The van der Waals surface area contributed by atoms with Crippen LogP contribution in [0, 0.1) is 5.41 Å². The van der Waals surface area contributed by atoms with E-state index in [2.05, 4.69) is 5.32 Å². The lowest BCUT2D eigenvalue weighted by Crippen LogP contribution is -2.39. The minimum atomic E-state index is -0.986. The van der Waals surface area contributed by atoms with Gasteiger partial charge in [0.1, 0.15) is 0 Å². The van der Waals surface area contributed by atoms with Gasteiger partial charge >= 0.3 is 5.97 Å². The van der Waals surface area contributed by atoms with Crippen LogP contribution in [0.3, 0.4) is 0 Å². The summed E-state index contributed by atoms with van der Waals surface area (Å²) in [5, 5.41) is 21.3. The third-order valence-corrected chi connectivity index (χ3v) is 3.46. The van der Waals surface area contributed by atoms with E-state index in [0.717, 1.165) is 6.42 Å². The normalized spacial score (nSPS) is 13.1. The highest BCUT2D eigenvalue weighted by Gasteiger charge is 2.37. The van der Waals surface area contributed by atoms with Crippen LogP contribution in [0.5, 0.6) is 0 Å². The molecular formula is C13H25NO4. The van der Waals surface area contributed by atoms with E-state index in [1.807, 2.05) is 6.92 Å². The number of amides is 1. The Labute approximate surface area is 109 Å². The standard InChI is InChI=1S/C13H25NO4/c1-4-7-10(15)9-14-11(16)8-13(5-2,6-3)12(17)18/h10,15H,4-9H2,1-3H3,(H,14,16)(H,17,18). The van der Waals surface area contributed by atoms with Crippen molar-refractivity contribution < 1.29 is 19.8 Å². The molecule has 0 saturated heterocycles. The van der Waals surface area contributed by atoms with Gasteiger partial charge in [-0.25, -0.2) is 0 Å². The van der Waals surface area contributed by atoms with E-state index >= 15 is 0 Å². The average Bonchev–Trinajstić information content (AvgIpc) is 2.33. The summed E-state index contributed by atoms with van der Waals surface area (Å²) in [6, 6.07) is 0. The molecule has 3 N–H and O–H groups in total. The molecule has 5 nitrogen and oxygen atoms in total. The maximum Gasteiger partial charge on any atom is 0.310 e. The van der Waals surface area contributed by atoms with Crippen molar-refractivity contribution in [3.8, 4) is 0 Å². The molecule has 0 spiro atoms. The Bertz CT molecular complexity index is 274. The van der Waals surface area contributed by atoms with Gasteiger partial charge in [-0.1, -0.05) is 27.2 Å². The molecule has 0 aromatic heterocycles. The lowest BCUT2D eigenvalue weighted by Gasteiger charge is -2.26. The van der Waals surface area contributed by atoms with Gasteiger partial charge in [-0.3, -0.25) is 9.59 Å². The minimum absolute atomic E-state index is 0.0336. The highest BCUT2D eigenvalue weighted by Crippen LogP contribution is 2.30. The molecule has 1 unspecified atom stereocenters. The minimum Gasteiger partial charge on any atom is -0.481 e. The molecule has 0 fully saturated rings. The van der Waals surface area contributed by atoms with Crippen molar-refractivity contribution in [2.45, 2.75) is 59.0 Å². The first-order valence-corrected chi connectivity index (χ1v) is 6.60. The second-order valence-corrected chi connectivity index (χ2v) is 4.72. The third kappa shape index (κ3) is 5.04. The maximum absolute atomic E-state index is 11.7. The molecule has 1 atom stereocenters. The molecule has 5 heteroatoms. The van der Waals surface area contributed by atoms with Crippen LogP contribution in [0.2, 0.25) is 0 Å². The van der Waals surface area contributed by atoms with Crippen LogP contribution in [0.1, 0.15) is 52.9 Å². The molecule has 0 aliphatic heterocycles. The zero-order chi connectivity index (χ0) is 14.2. The predicted octanol–water partition coefficient (Wildman–Crippen LogP) is 1.54. The van der Waals surface area contributed by atoms with E-state index in [-0.39, 0.29) is 18.9 Å². The second-order valence-electron chi connectivity index (χ2n) is 4.72. The van der Waals surface area contributed by atoms with Crippen LogP contribution in [0.15, 0.2) is 0 Å². The number of aliphatic hydroxyl groups is 1. The topological polar surface area (TPSA) is 86.6 Å². The van der Waals surface area contributed by atoms with Crippen molar-refractivity contribution in [2.24, 2.45) is 5.41 Å². The lowest BCUT2D eigenvalue weighted by atomic mass is 9.79. The van der Waals surface area contributed by atoms with E-state index in [0.29, 0.717) is 19.3 Å². The number of nitrogens with one attached hydrogen (secondary N) is 1. The number of carboxylic acids is 1. The fourth-order valence-electron chi connectivity index (χ4n) is 1.91. The number of hydrogen-bond donors (Lipinski definition) is 3. The van der Waals surface area contributed by atoms with Crippen molar-refractivity contribution >= 4 is 11.9 Å². The van der Waals surface area contributed by atoms with Crippen molar-refractivity contribution in [1.29, 1.82) is 0 Å². The van der Waals surface area contributed by atoms with Gasteiger partial charge in [-0.05, 0) is 19.3 Å². The van der Waals surface area contributed by atoms with Crippen molar-refractivity contribution in [1.82, 2.24) is 5.32 Å². The first kappa shape index (κ1) is 16.9. The Morgan fingerprint density at radius 3 is 2.17 bits per heavy atom. The van der Waals surface area contributed by atoms with Crippen LogP contribution in [-0.2, 0) is 9.59 Å². The quantitative estimate of drug-likeness (QED) is 0.586. The molecule has 0 saturated carbocycles. The van der Waals surface area contributed by atoms with Gasteiger partial charge in [0.05, 0.1) is 11.5 Å². The SMILES string of the molecule is CCCC(O)CNC(=O)CC(CC)(CC)C(=O)O. The summed E-state index contributed by atoms with van der Waals surface area (Å²) in [6.45, 7) is 5.69. The fraction of sp³-hybridized carbons (Fsp3) is 0.846. The number of carbonyl (C=O) groups excluding carboxylic acids is 1. The summed E-state index contributed by atoms with van der Waals surface area (Å²) in [7, 11) is 0. The van der Waals surface area contributed by atoms with Crippen molar-refractivity contribution in [3.63, 3.8) is 0 Å². The van der Waals surface area contributed by atoms with Crippen LogP contribution >= 0.6 is 0 Å². The van der Waals surface area contributed by atoms with Crippen LogP contribution < -0.4 is 5.32 Å². The number of aliphatic carboxylic acids is 1. The average molecular weight is 259 g/mol. The Kier molecular flexibility index (Phi) is 7.59. The molecule has 0 aliphatic rings. The largest absolute Gasteiger partial charge is 0.481 e. The molecule has 0 heterocycles. The lowest BCUT2D eigenvalue weighted by molar-refractivity contribution is -0.152. The Hall–Kier alpha value is -1.10. The number of carbonyl (C=O) groups is 2. The maximum atomic E-state index is 11.7. The zero-order valence-electron chi connectivity index (χ0n) is 11.5. The number of carboxylic acid groups (broad SMARTS) is 1. The van der Waals surface area contributed by atoms with Crippen LogP contribution in [-0.4, -0.2) is 34.7 Å². The van der Waals surface area contributed by atoms with Gasteiger partial charge in [0.15, 0.2) is 0 Å². The van der Waals surface area contributed by atoms with Gasteiger partial charge < -0.3 is 15.5 Å². The molecule has 0 aliphatic carbocycles. The highest BCUT2D eigenvalue weighted by molar-refractivity contribution is 5.84. The zero-order valence-corrected chi connectivity index (χ0v) is 11.5. The summed E-state index contributed by atoms with van der Waals surface area (Å²) in [5.74, 6) is -1.24. The van der Waals surface area contributed by atoms with E-state index in [1.165, 1.54) is 0 Å². The summed E-state index contributed by atoms with van der Waals surface area (Å²) < 4.78 is 0. The van der Waals surface area contributed by atoms with Crippen LogP contribution in [0.25, 0.3) is 0 Å². The Balaban J connectivity index is 4.32. The van der Waals surface area contributed by atoms with E-state index in [1.54, 1.807) is 13.8 Å². The smallest absolute Gasteiger partial charge is 0.310 e. The molecule has 0 rings (SSSR count). The molecule has 0 aromatic carbocycles. The Morgan fingerprint density at radius 1 is 1.22 bits per heavy atom. The van der Waals surface area contributed by atoms with Crippen LogP contribution in [0.4, 0.5) is 0 Å². The van der Waals surface area contributed by atoms with Gasteiger partial charge in [0.2, 0.25) is 5.91 Å². The molecule has 0 radical (unpaired) electrons. The first-order chi connectivity index (χ1) is 8.41. The summed E-state index contributed by atoms with van der Waals surface area (Å²) >= 11 is 0. The van der Waals surface area contributed by atoms with E-state index in [4.69, 9.17) is 0 Å². The van der Waals surface area contributed by atoms with Gasteiger partial charge in [0.25, 0.3) is 0 Å². The fourth-order valence-corrected chi connectivity index (χ4v) is 1.91. The number of hydrogen-bond acceptors (Lipinski definition) is 3. The predicted molar refractivity (Wildman–Crippen MR) is 69.2 cm³/mol. The van der Waals surface area contributed by atoms with Crippen molar-refractivity contribution in [3.05, 3.63) is 0 Å². The monoisotopic (exact) mass is 259 g/mol. The third-order valence-electron chi connectivity index (χ3n) is 3.46. The molecule has 1 amide bonds. The van der Waals surface area contributed by atoms with E-state index in [9.17, 15) is 19.8 Å². The summed E-state index contributed by atoms with van der Waals surface area (Å²) in [5.41, 5.74) is -0.986. The van der Waals surface area contributed by atoms with Gasteiger partial charge in [0, 0.05) is 13.0 Å². The molecule has 106 valence electrons. The number of aliphatic hydroxyl groups excluding tert-OH is 1. The number of rotatable bonds is 9. The van der Waals surface area contributed by atoms with E-state index < -0.39 is 17.5 Å².